The van der Waals surface area contributed by atoms with Crippen LogP contribution in [-0.2, 0) is 31.9 Å². The van der Waals surface area contributed by atoms with Crippen molar-refractivity contribution in [3.63, 3.8) is 0 Å². The normalized spacial score (nSPS) is 13.5. The second-order valence-corrected chi connectivity index (χ2v) is 9.29. The van der Waals surface area contributed by atoms with E-state index in [1.54, 1.807) is 13.0 Å². The number of esters is 2. The van der Waals surface area contributed by atoms with E-state index in [4.69, 9.17) is 15.7 Å². The Morgan fingerprint density at radius 2 is 1.55 bits per heavy atom. The Balaban J connectivity index is 0. The van der Waals surface area contributed by atoms with Crippen LogP contribution in [0.3, 0.4) is 0 Å². The van der Waals surface area contributed by atoms with Crippen molar-refractivity contribution in [3.8, 4) is 6.07 Å². The number of anilines is 1. The molecule has 176 valence electrons. The standard InChI is InChI=1S/C11H15NO2Se.C6H10O.C5H7NO2.2Na.H2Se/c1-2-14-11(13)9-7-5-3-4-6-8(7)15-10(9)12;7-6-4-2-1-3-5-6;1-2-8-5(7)3-4-6;;;/h2-6,12H2,1H3;1-5H2;2-3H2,1H3;;;1H2. The maximum absolute atomic E-state index is 11.7. The molecule has 33 heavy (non-hydrogen) atoms. The van der Waals surface area contributed by atoms with Crippen LogP contribution in [0.4, 0.5) is 4.56 Å². The Hall–Kier alpha value is 0.419. The number of nitrogens with two attached hydrogens (primary N) is 1. The molecule has 1 fully saturated rings. The Bertz CT molecular complexity index is 759. The molecule has 0 spiro atoms. The zero-order chi connectivity index (χ0) is 24.4. The summed E-state index contributed by atoms with van der Waals surface area (Å²) in [4.78, 5) is 32.4. The van der Waals surface area contributed by atoms with Crippen molar-refractivity contribution in [2.45, 2.75) is 78.1 Å². The number of nitriles is 1. The van der Waals surface area contributed by atoms with Crippen molar-refractivity contribution >= 4 is 97.5 Å². The average molecular weight is 610 g/mol. The van der Waals surface area contributed by atoms with Crippen molar-refractivity contribution in [2.24, 2.45) is 0 Å². The molecule has 0 radical (unpaired) electrons. The third-order valence-electron chi connectivity index (χ3n) is 4.62. The zero-order valence-electron chi connectivity index (χ0n) is 20.5. The van der Waals surface area contributed by atoms with E-state index in [-0.39, 0.29) is 44.0 Å². The van der Waals surface area contributed by atoms with Gasteiger partial charge in [0.2, 0.25) is 0 Å². The van der Waals surface area contributed by atoms with E-state index in [0.29, 0.717) is 24.6 Å². The summed E-state index contributed by atoms with van der Waals surface area (Å²) in [5, 5.41) is 7.91. The third-order valence-corrected chi connectivity index (χ3v) is 6.97. The van der Waals surface area contributed by atoms with Gasteiger partial charge in [0.25, 0.3) is 0 Å². The van der Waals surface area contributed by atoms with Gasteiger partial charge < -0.3 is 4.74 Å². The molecule has 2 aliphatic rings. The SMILES string of the molecule is CCOC(=O)CC#N.CCOC(=O)c1c(N)[se]c2c1CCCC2.O=C1CCCCC1.[Na][Na].[SeH2]. The molecule has 11 heteroatoms. The predicted octanol–water partition coefficient (Wildman–Crippen LogP) is 1.69. The van der Waals surface area contributed by atoms with Gasteiger partial charge in [0.05, 0.1) is 12.7 Å². The molecule has 0 bridgehead atoms. The van der Waals surface area contributed by atoms with E-state index >= 15 is 0 Å². The van der Waals surface area contributed by atoms with E-state index in [0.717, 1.165) is 43.1 Å². The molecule has 0 aliphatic heterocycles. The molecule has 0 atom stereocenters. The number of ketones is 1. The maximum atomic E-state index is 11.7. The molecule has 1 heterocycles. The van der Waals surface area contributed by atoms with Crippen molar-refractivity contribution in [3.05, 3.63) is 15.6 Å². The number of carbonyl (C=O) groups is 3. The van der Waals surface area contributed by atoms with E-state index < -0.39 is 5.97 Å². The van der Waals surface area contributed by atoms with E-state index in [1.165, 1.54) is 72.9 Å². The summed E-state index contributed by atoms with van der Waals surface area (Å²) in [5.74, 6) is -0.204. The first-order valence-electron chi connectivity index (χ1n) is 11.6. The van der Waals surface area contributed by atoms with Gasteiger partial charge in [-0.15, -0.1) is 0 Å². The summed E-state index contributed by atoms with van der Waals surface area (Å²) >= 11 is 3.10. The van der Waals surface area contributed by atoms with Gasteiger partial charge in [0.15, 0.2) is 0 Å². The van der Waals surface area contributed by atoms with Crippen molar-refractivity contribution in [2.75, 3.05) is 18.9 Å². The number of aryl methyl sites for hydroxylation is 1. The van der Waals surface area contributed by atoms with Crippen LogP contribution in [0.25, 0.3) is 0 Å². The molecule has 2 aliphatic carbocycles. The molecule has 7 nitrogen and oxygen atoms in total. The summed E-state index contributed by atoms with van der Waals surface area (Å²) in [6, 6.07) is 1.68. The Morgan fingerprint density at radius 3 is 2.03 bits per heavy atom. The molecule has 0 saturated heterocycles. The number of fused-ring (bicyclic) bond motifs is 1. The molecule has 1 saturated carbocycles. The molecular formula is C22H34N2Na2O5Se2. The topological polar surface area (TPSA) is 119 Å². The molecule has 2 N–H and O–H groups in total. The number of ether oxygens (including phenoxy) is 2. The van der Waals surface area contributed by atoms with Crippen LogP contribution >= 0.6 is 0 Å². The average Bonchev–Trinajstić information content (AvgIpc) is 3.13. The molecular weight excluding hydrogens is 576 g/mol. The van der Waals surface area contributed by atoms with Crippen LogP contribution < -0.4 is 5.73 Å². The fraction of sp³-hybridized carbons (Fsp3) is 0.636. The number of Topliss-reactive ketones (excluding diaryl/α,β-unsaturated/α-hetero) is 1. The summed E-state index contributed by atoms with van der Waals surface area (Å²) < 4.78 is 11.7. The number of nitrogen functional groups attached to an aromatic ring is 1. The molecule has 3 rings (SSSR count). The number of hydrogen-bond donors (Lipinski definition) is 1. The fourth-order valence-electron chi connectivity index (χ4n) is 3.24. The number of hydrogen-bond acceptors (Lipinski definition) is 7. The molecule has 1 aromatic heterocycles. The van der Waals surface area contributed by atoms with Gasteiger partial charge in [-0.1, -0.05) is 6.42 Å². The Morgan fingerprint density at radius 1 is 1.00 bits per heavy atom. The van der Waals surface area contributed by atoms with Crippen LogP contribution in [-0.4, -0.2) is 106 Å². The van der Waals surface area contributed by atoms with Crippen LogP contribution in [0.15, 0.2) is 0 Å². The van der Waals surface area contributed by atoms with Gasteiger partial charge in [-0.3, -0.25) is 9.59 Å². The number of carbonyl (C=O) groups excluding carboxylic acids is 3. The monoisotopic (exact) mass is 612 g/mol. The molecule has 0 aromatic carbocycles. The molecule has 0 amide bonds. The van der Waals surface area contributed by atoms with Gasteiger partial charge in [0, 0.05) is 12.8 Å². The molecule has 0 unspecified atom stereocenters. The molecule has 1 aromatic rings. The Kier molecular flexibility index (Phi) is 24.6. The fourth-order valence-corrected chi connectivity index (χ4v) is 5.65. The van der Waals surface area contributed by atoms with E-state index in [2.05, 4.69) is 4.74 Å². The summed E-state index contributed by atoms with van der Waals surface area (Å²) in [5.41, 5.74) is 7.84. The first kappa shape index (κ1) is 35.6. The minimum atomic E-state index is -0.449. The second-order valence-electron chi connectivity index (χ2n) is 6.91. The minimum absolute atomic E-state index is 0. The second kappa shape index (κ2) is 22.9. The summed E-state index contributed by atoms with van der Waals surface area (Å²) in [6.45, 7) is 4.30. The summed E-state index contributed by atoms with van der Waals surface area (Å²) in [6.07, 6.45) is 9.64. The van der Waals surface area contributed by atoms with Gasteiger partial charge >= 0.3 is 162 Å². The van der Waals surface area contributed by atoms with Gasteiger partial charge in [-0.2, -0.15) is 5.26 Å². The summed E-state index contributed by atoms with van der Waals surface area (Å²) in [7, 11) is 0. The van der Waals surface area contributed by atoms with Gasteiger partial charge in [0.1, 0.15) is 12.2 Å². The van der Waals surface area contributed by atoms with Crippen molar-refractivity contribution < 1.29 is 23.9 Å². The predicted molar refractivity (Wildman–Crippen MR) is 135 cm³/mol. The van der Waals surface area contributed by atoms with Crippen LogP contribution in [0, 0.1) is 11.3 Å². The van der Waals surface area contributed by atoms with Crippen LogP contribution in [0.5, 0.6) is 0 Å². The van der Waals surface area contributed by atoms with Crippen LogP contribution in [0.2, 0.25) is 0 Å². The van der Waals surface area contributed by atoms with Gasteiger partial charge in [-0.25, -0.2) is 0 Å². The van der Waals surface area contributed by atoms with Crippen LogP contribution in [0.1, 0.15) is 85.6 Å². The first-order valence-corrected chi connectivity index (χ1v) is 21.3. The van der Waals surface area contributed by atoms with E-state index in [1.807, 2.05) is 6.92 Å². The first-order chi connectivity index (χ1) is 15.4. The van der Waals surface area contributed by atoms with E-state index in [9.17, 15) is 14.4 Å². The number of nitrogens with zero attached hydrogens (tertiary/aromatic N) is 1. The van der Waals surface area contributed by atoms with Crippen molar-refractivity contribution in [1.29, 1.82) is 5.26 Å². The zero-order valence-corrected chi connectivity index (χ0v) is 28.3. The van der Waals surface area contributed by atoms with Gasteiger partial charge in [-0.05, 0) is 19.8 Å². The number of rotatable bonds is 4. The Labute approximate surface area is 242 Å². The quantitative estimate of drug-likeness (QED) is 0.407. The van der Waals surface area contributed by atoms with Crippen molar-refractivity contribution in [1.82, 2.24) is 0 Å². The third kappa shape index (κ3) is 15.2.